The first kappa shape index (κ1) is 68.0. The molecule has 0 N–H and O–H groups in total. The molecule has 0 aliphatic rings. The predicted molar refractivity (Wildman–Crippen MR) is 263 cm³/mol. The summed E-state index contributed by atoms with van der Waals surface area (Å²) in [7, 11) is 9.90. The quantitative estimate of drug-likeness (QED) is 0.177. The van der Waals surface area contributed by atoms with E-state index in [1.54, 1.807) is 42.7 Å². The number of benzene rings is 5. The third-order valence-electron chi connectivity index (χ3n) is 5.38. The van der Waals surface area contributed by atoms with E-state index in [0.717, 1.165) is 23.0 Å². The van der Waals surface area contributed by atoms with Gasteiger partial charge in [0.05, 0.1) is 28.4 Å². The molecule has 332 valence electrons. The van der Waals surface area contributed by atoms with E-state index in [2.05, 4.69) is 70.5 Å². The molecule has 5 aromatic carbocycles. The molecular weight excluding hydrogens is 717 g/mol. The average molecular weight is 807 g/mol. The fourth-order valence-corrected chi connectivity index (χ4v) is 3.06. The van der Waals surface area contributed by atoms with E-state index >= 15 is 0 Å². The zero-order chi connectivity index (χ0) is 46.1. The minimum Gasteiger partial charge on any atom is -0.497 e. The van der Waals surface area contributed by atoms with Gasteiger partial charge in [-0.3, -0.25) is 0 Å². The van der Waals surface area contributed by atoms with Crippen molar-refractivity contribution in [2.45, 2.75) is 116 Å². The third-order valence-corrected chi connectivity index (χ3v) is 5.38. The van der Waals surface area contributed by atoms with Gasteiger partial charge in [-0.05, 0) is 60.0 Å². The summed E-state index contributed by atoms with van der Waals surface area (Å²) in [4.78, 5) is 0. The Morgan fingerprint density at radius 1 is 0.310 bits per heavy atom. The monoisotopic (exact) mass is 807 g/mol. The van der Waals surface area contributed by atoms with Gasteiger partial charge in [-0.1, -0.05) is 213 Å². The van der Waals surface area contributed by atoms with Gasteiger partial charge >= 0.3 is 0 Å². The molecule has 0 unspecified atom stereocenters. The number of hydrogen-bond donors (Lipinski definition) is 0. The van der Waals surface area contributed by atoms with Crippen LogP contribution in [0.1, 0.15) is 121 Å². The Balaban J connectivity index is -0.000000102. The highest BCUT2D eigenvalue weighted by atomic mass is 16.5. The van der Waals surface area contributed by atoms with Gasteiger partial charge in [-0.25, -0.2) is 0 Å². The second-order valence-electron chi connectivity index (χ2n) is 10.5. The van der Waals surface area contributed by atoms with Crippen molar-refractivity contribution in [1.29, 1.82) is 0 Å². The van der Waals surface area contributed by atoms with Crippen LogP contribution in [0.15, 0.2) is 152 Å². The molecule has 0 saturated heterocycles. The number of hydrogen-bond acceptors (Lipinski definition) is 5. The Labute approximate surface area is 361 Å². The van der Waals surface area contributed by atoms with E-state index in [1.165, 1.54) is 18.4 Å². The van der Waals surface area contributed by atoms with Crippen molar-refractivity contribution in [1.82, 2.24) is 0 Å². The number of rotatable bonds is 5. The van der Waals surface area contributed by atoms with Crippen molar-refractivity contribution in [3.05, 3.63) is 157 Å². The molecule has 0 aromatic heterocycles. The van der Waals surface area contributed by atoms with E-state index in [4.69, 9.17) is 18.9 Å². The average Bonchev–Trinajstić information content (AvgIpc) is 3.32. The Morgan fingerprint density at radius 3 is 0.534 bits per heavy atom. The zero-order valence-corrected chi connectivity index (χ0v) is 41.0. The Kier molecular flexibility index (Phi) is 78.6. The number of methoxy groups -OCH3 is 5. The van der Waals surface area contributed by atoms with Crippen LogP contribution in [-0.2, 0) is 4.74 Å². The molecule has 0 atom stereocenters. The van der Waals surface area contributed by atoms with Crippen molar-refractivity contribution in [2.24, 2.45) is 0 Å². The van der Waals surface area contributed by atoms with Crippen LogP contribution in [-0.4, -0.2) is 42.7 Å². The van der Waals surface area contributed by atoms with E-state index < -0.39 is 0 Å². The molecule has 0 aliphatic heterocycles. The molecule has 5 nitrogen and oxygen atoms in total. The smallest absolute Gasteiger partial charge is 0.118 e. The first-order valence-corrected chi connectivity index (χ1v) is 21.1. The summed E-state index contributed by atoms with van der Waals surface area (Å²) < 4.78 is 23.9. The summed E-state index contributed by atoms with van der Waals surface area (Å²) in [6.07, 6.45) is 2.50. The molecule has 58 heavy (non-hydrogen) atoms. The summed E-state index contributed by atoms with van der Waals surface area (Å²) in [5.74, 6) is 4.30. The molecule has 5 rings (SSSR count). The molecule has 0 heterocycles. The second kappa shape index (κ2) is 67.0. The standard InChI is InChI=1S/C9H12.4C7H8O.2C3H8.C2H6O.4C2H6/c1-8(2)9-6-4-3-5-7-9;4*1-8-7-5-3-2-4-6-7;3*1-3-2;4*1-2/h3-8H,1-2H3;4*2-6H,1H3;2*3H2,1-2H3;1-2H3;4*1-2H3. The molecule has 0 radical (unpaired) electrons. The molecule has 5 aromatic rings. The maximum absolute atomic E-state index is 4.91. The van der Waals surface area contributed by atoms with Crippen LogP contribution < -0.4 is 18.9 Å². The van der Waals surface area contributed by atoms with Gasteiger partial charge in [0.1, 0.15) is 23.0 Å². The van der Waals surface area contributed by atoms with Crippen LogP contribution in [0.4, 0.5) is 0 Å². The molecule has 0 saturated carbocycles. The van der Waals surface area contributed by atoms with Crippen LogP contribution in [0.5, 0.6) is 23.0 Å². The molecule has 0 amide bonds. The first-order chi connectivity index (χ1) is 28.3. The minimum absolute atomic E-state index is 0.659. The van der Waals surface area contributed by atoms with Crippen molar-refractivity contribution in [3.63, 3.8) is 0 Å². The van der Waals surface area contributed by atoms with Gasteiger partial charge in [0, 0.05) is 14.2 Å². The fraction of sp³-hybridized carbons (Fsp3) is 0.434. The number of para-hydroxylation sites is 4. The van der Waals surface area contributed by atoms with Crippen LogP contribution >= 0.6 is 0 Å². The highest BCUT2D eigenvalue weighted by molar-refractivity contribution is 5.22. The normalized spacial score (nSPS) is 7.67. The predicted octanol–water partition coefficient (Wildman–Crippen LogP) is 16.8. The highest BCUT2D eigenvalue weighted by Gasteiger charge is 1.93. The van der Waals surface area contributed by atoms with Crippen LogP contribution in [0, 0.1) is 0 Å². The lowest BCUT2D eigenvalue weighted by Crippen LogP contribution is -1.83. The third kappa shape index (κ3) is 58.0. The SMILES string of the molecule is CC.CC.CC.CC.CC(C)c1ccccc1.CCC.CCC.COC.COc1ccccc1.COc1ccccc1.COc1ccccc1.COc1ccccc1. The van der Waals surface area contributed by atoms with Crippen LogP contribution in [0.2, 0.25) is 0 Å². The van der Waals surface area contributed by atoms with Crippen LogP contribution in [0.3, 0.4) is 0 Å². The van der Waals surface area contributed by atoms with E-state index in [9.17, 15) is 0 Å². The zero-order valence-electron chi connectivity index (χ0n) is 41.0. The Bertz CT molecular complexity index is 1110. The van der Waals surface area contributed by atoms with E-state index in [-0.39, 0.29) is 0 Å². The van der Waals surface area contributed by atoms with Crippen molar-refractivity contribution in [3.8, 4) is 23.0 Å². The Morgan fingerprint density at radius 2 is 0.448 bits per heavy atom. The first-order valence-electron chi connectivity index (χ1n) is 21.1. The molecule has 0 bridgehead atoms. The lowest BCUT2D eigenvalue weighted by molar-refractivity contribution is 0.277. The van der Waals surface area contributed by atoms with Gasteiger partial charge in [0.15, 0.2) is 0 Å². The Hall–Kier alpha value is -4.74. The summed E-state index contributed by atoms with van der Waals surface area (Å²) in [5, 5.41) is 0. The largest absolute Gasteiger partial charge is 0.497 e. The van der Waals surface area contributed by atoms with E-state index in [1.807, 2.05) is 183 Å². The second-order valence-corrected chi connectivity index (χ2v) is 10.5. The van der Waals surface area contributed by atoms with Gasteiger partial charge in [-0.2, -0.15) is 0 Å². The minimum atomic E-state index is 0.659. The molecular formula is C53H90O5. The van der Waals surface area contributed by atoms with Gasteiger partial charge < -0.3 is 23.7 Å². The lowest BCUT2D eigenvalue weighted by atomic mass is 10.0. The summed E-state index contributed by atoms with van der Waals surface area (Å²) in [6.45, 7) is 28.9. The topological polar surface area (TPSA) is 46.2 Å². The summed E-state index contributed by atoms with van der Waals surface area (Å²) in [6, 6.07) is 49.2. The lowest BCUT2D eigenvalue weighted by Gasteiger charge is -2.01. The highest BCUT2D eigenvalue weighted by Crippen LogP contribution is 2.12. The molecule has 0 fully saturated rings. The van der Waals surface area contributed by atoms with Gasteiger partial charge in [0.25, 0.3) is 0 Å². The van der Waals surface area contributed by atoms with Crippen molar-refractivity contribution < 1.29 is 23.7 Å². The molecule has 0 aliphatic carbocycles. The fourth-order valence-electron chi connectivity index (χ4n) is 3.06. The maximum atomic E-state index is 4.91. The summed E-state index contributed by atoms with van der Waals surface area (Å²) in [5.41, 5.74) is 1.41. The van der Waals surface area contributed by atoms with Crippen molar-refractivity contribution in [2.75, 3.05) is 42.7 Å². The number of ether oxygens (including phenoxy) is 5. The van der Waals surface area contributed by atoms with Crippen molar-refractivity contribution >= 4 is 0 Å². The summed E-state index contributed by atoms with van der Waals surface area (Å²) >= 11 is 0. The maximum Gasteiger partial charge on any atom is 0.118 e. The van der Waals surface area contributed by atoms with Gasteiger partial charge in [0.2, 0.25) is 0 Å². The van der Waals surface area contributed by atoms with E-state index in [0.29, 0.717) is 5.92 Å². The molecule has 5 heteroatoms. The van der Waals surface area contributed by atoms with Gasteiger partial charge in [-0.15, -0.1) is 0 Å². The molecule has 0 spiro atoms. The van der Waals surface area contributed by atoms with Crippen LogP contribution in [0.25, 0.3) is 0 Å².